The van der Waals surface area contributed by atoms with Crippen molar-refractivity contribution in [2.75, 3.05) is 18.1 Å². The number of allylic oxidation sites excluding steroid dienone is 2. The number of ether oxygens (including phenoxy) is 2. The van der Waals surface area contributed by atoms with E-state index < -0.39 is 0 Å². The quantitative estimate of drug-likeness (QED) is 0.0826. The standard InChI is InChI=1S/C43H47NO4/c1-7-30(3)41(45)47-27-11-13-32-17-21-34(22-18-32)44(35-23-19-33(20-24-35)14-12-28-48-42(46)31(4)8-2)36-25-26-38-37-15-9-10-16-39(37)43(5,6)40(38)29-36/h7-10,15-26,29H,11-14,27-28H2,1-6H3. The minimum absolute atomic E-state index is 0.106. The second-order valence-corrected chi connectivity index (χ2v) is 13.0. The molecule has 248 valence electrons. The Balaban J connectivity index is 1.37. The molecule has 1 aliphatic carbocycles. The molecule has 48 heavy (non-hydrogen) atoms. The summed E-state index contributed by atoms with van der Waals surface area (Å²) >= 11 is 0. The van der Waals surface area contributed by atoms with E-state index in [1.807, 2.05) is 13.8 Å². The van der Waals surface area contributed by atoms with Crippen LogP contribution in [0.1, 0.15) is 76.6 Å². The molecule has 0 N–H and O–H groups in total. The van der Waals surface area contributed by atoms with E-state index in [9.17, 15) is 9.59 Å². The van der Waals surface area contributed by atoms with Crippen LogP contribution in [0.4, 0.5) is 17.1 Å². The fraction of sp³-hybridized carbons (Fsp3) is 0.302. The number of rotatable bonds is 13. The lowest BCUT2D eigenvalue weighted by Gasteiger charge is -2.28. The highest BCUT2D eigenvalue weighted by Gasteiger charge is 2.35. The molecule has 4 aromatic carbocycles. The van der Waals surface area contributed by atoms with Crippen molar-refractivity contribution in [2.45, 2.75) is 72.6 Å². The zero-order valence-corrected chi connectivity index (χ0v) is 29.1. The molecule has 0 fully saturated rings. The van der Waals surface area contributed by atoms with Crippen LogP contribution in [0.15, 0.2) is 114 Å². The molecule has 0 saturated heterocycles. The minimum atomic E-state index is -0.252. The van der Waals surface area contributed by atoms with Gasteiger partial charge in [0.25, 0.3) is 0 Å². The summed E-state index contributed by atoms with van der Waals surface area (Å²) in [5.74, 6) is -0.504. The average molecular weight is 642 g/mol. The van der Waals surface area contributed by atoms with Crippen molar-refractivity contribution in [1.82, 2.24) is 0 Å². The van der Waals surface area contributed by atoms with Gasteiger partial charge in [-0.2, -0.15) is 0 Å². The summed E-state index contributed by atoms with van der Waals surface area (Å²) < 4.78 is 10.8. The molecule has 5 rings (SSSR count). The molecule has 0 saturated carbocycles. The van der Waals surface area contributed by atoms with E-state index in [0.29, 0.717) is 24.4 Å². The number of aryl methyl sites for hydroxylation is 2. The third kappa shape index (κ3) is 7.62. The van der Waals surface area contributed by atoms with E-state index in [-0.39, 0.29) is 17.4 Å². The number of hydrogen-bond donors (Lipinski definition) is 0. The number of fused-ring (bicyclic) bond motifs is 3. The van der Waals surface area contributed by atoms with Gasteiger partial charge in [0.05, 0.1) is 13.2 Å². The van der Waals surface area contributed by atoms with Gasteiger partial charge in [0.15, 0.2) is 0 Å². The van der Waals surface area contributed by atoms with E-state index in [1.165, 1.54) is 33.4 Å². The normalized spacial score (nSPS) is 13.5. The summed E-state index contributed by atoms with van der Waals surface area (Å²) in [5.41, 5.74) is 12.1. The Bertz CT molecular complexity index is 1730. The van der Waals surface area contributed by atoms with Gasteiger partial charge in [0.1, 0.15) is 0 Å². The number of carbonyl (C=O) groups excluding carboxylic acids is 2. The second-order valence-electron chi connectivity index (χ2n) is 13.0. The van der Waals surface area contributed by atoms with E-state index in [0.717, 1.165) is 42.7 Å². The Morgan fingerprint density at radius 3 is 1.58 bits per heavy atom. The van der Waals surface area contributed by atoms with Gasteiger partial charge in [-0.15, -0.1) is 0 Å². The van der Waals surface area contributed by atoms with Crippen LogP contribution in [0.2, 0.25) is 0 Å². The molecule has 0 radical (unpaired) electrons. The number of nitrogens with zero attached hydrogens (tertiary/aromatic N) is 1. The molecule has 5 heteroatoms. The first-order chi connectivity index (χ1) is 23.1. The minimum Gasteiger partial charge on any atom is -0.462 e. The van der Waals surface area contributed by atoms with Crippen LogP contribution in [-0.4, -0.2) is 25.2 Å². The molecule has 0 bridgehead atoms. The van der Waals surface area contributed by atoms with Crippen molar-refractivity contribution in [2.24, 2.45) is 0 Å². The van der Waals surface area contributed by atoms with Gasteiger partial charge in [-0.3, -0.25) is 0 Å². The lowest BCUT2D eigenvalue weighted by molar-refractivity contribution is -0.139. The van der Waals surface area contributed by atoms with Crippen molar-refractivity contribution in [3.05, 3.63) is 137 Å². The van der Waals surface area contributed by atoms with Crippen molar-refractivity contribution in [3.63, 3.8) is 0 Å². The van der Waals surface area contributed by atoms with Gasteiger partial charge in [-0.1, -0.05) is 80.6 Å². The smallest absolute Gasteiger partial charge is 0.333 e. The molecule has 0 aliphatic heterocycles. The van der Waals surface area contributed by atoms with Gasteiger partial charge in [-0.25, -0.2) is 9.59 Å². The van der Waals surface area contributed by atoms with Crippen molar-refractivity contribution >= 4 is 29.0 Å². The lowest BCUT2D eigenvalue weighted by atomic mass is 9.82. The van der Waals surface area contributed by atoms with Crippen molar-refractivity contribution in [1.29, 1.82) is 0 Å². The Kier molecular flexibility index (Phi) is 11.0. The molecule has 0 atom stereocenters. The molecule has 0 heterocycles. The molecule has 0 spiro atoms. The number of anilines is 3. The maximum atomic E-state index is 12.0. The van der Waals surface area contributed by atoms with Crippen LogP contribution in [0.5, 0.6) is 0 Å². The average Bonchev–Trinajstić information content (AvgIpc) is 3.34. The van der Waals surface area contributed by atoms with Gasteiger partial charge in [0, 0.05) is 33.6 Å². The summed E-state index contributed by atoms with van der Waals surface area (Å²) in [4.78, 5) is 26.3. The zero-order valence-electron chi connectivity index (χ0n) is 29.1. The van der Waals surface area contributed by atoms with Gasteiger partial charge >= 0.3 is 11.9 Å². The number of carbonyl (C=O) groups is 2. The Morgan fingerprint density at radius 1 is 0.625 bits per heavy atom. The van der Waals surface area contributed by atoms with Gasteiger partial charge < -0.3 is 14.4 Å². The highest BCUT2D eigenvalue weighted by atomic mass is 16.5. The predicted molar refractivity (Wildman–Crippen MR) is 196 cm³/mol. The number of hydrogen-bond acceptors (Lipinski definition) is 5. The van der Waals surface area contributed by atoms with Crippen LogP contribution < -0.4 is 4.90 Å². The van der Waals surface area contributed by atoms with Gasteiger partial charge in [0.2, 0.25) is 0 Å². The molecule has 0 aromatic heterocycles. The fourth-order valence-electron chi connectivity index (χ4n) is 6.25. The van der Waals surface area contributed by atoms with Crippen LogP contribution in [0.25, 0.3) is 11.1 Å². The first-order valence-electron chi connectivity index (χ1n) is 17.0. The number of esters is 2. The van der Waals surface area contributed by atoms with E-state index in [4.69, 9.17) is 9.47 Å². The summed E-state index contributed by atoms with van der Waals surface area (Å²) in [6.45, 7) is 12.6. The molecule has 1 aliphatic rings. The Morgan fingerprint density at radius 2 is 1.08 bits per heavy atom. The van der Waals surface area contributed by atoms with Crippen LogP contribution >= 0.6 is 0 Å². The Labute approximate surface area is 285 Å². The summed E-state index contributed by atoms with van der Waals surface area (Å²) in [5, 5.41) is 0. The number of benzene rings is 4. The zero-order chi connectivity index (χ0) is 34.3. The molecule has 0 unspecified atom stereocenters. The van der Waals surface area contributed by atoms with Crippen molar-refractivity contribution in [3.8, 4) is 11.1 Å². The highest BCUT2D eigenvalue weighted by molar-refractivity contribution is 5.88. The predicted octanol–water partition coefficient (Wildman–Crippen LogP) is 10.3. The molecular formula is C43H47NO4. The summed E-state index contributed by atoms with van der Waals surface area (Å²) in [7, 11) is 0. The molecule has 4 aromatic rings. The summed E-state index contributed by atoms with van der Waals surface area (Å²) in [6, 6.07) is 32.9. The third-order valence-corrected chi connectivity index (χ3v) is 9.41. The van der Waals surface area contributed by atoms with E-state index >= 15 is 0 Å². The SMILES string of the molecule is CC=C(C)C(=O)OCCCc1ccc(N(c2ccc(CCCOC(=O)C(C)=CC)cc2)c2ccc3c(c2)C(C)(C)c2ccccc2-3)cc1. The Hall–Kier alpha value is -4.90. The molecule has 5 nitrogen and oxygen atoms in total. The maximum absolute atomic E-state index is 12.0. The molecule has 0 amide bonds. The van der Waals surface area contributed by atoms with Crippen LogP contribution in [-0.2, 0) is 37.3 Å². The third-order valence-electron chi connectivity index (χ3n) is 9.41. The largest absolute Gasteiger partial charge is 0.462 e. The second kappa shape index (κ2) is 15.3. The van der Waals surface area contributed by atoms with Crippen LogP contribution in [0, 0.1) is 0 Å². The molecular weight excluding hydrogens is 594 g/mol. The van der Waals surface area contributed by atoms with Gasteiger partial charge in [-0.05, 0) is 123 Å². The monoisotopic (exact) mass is 641 g/mol. The lowest BCUT2D eigenvalue weighted by Crippen LogP contribution is -2.16. The maximum Gasteiger partial charge on any atom is 0.333 e. The highest BCUT2D eigenvalue weighted by Crippen LogP contribution is 2.50. The first-order valence-corrected chi connectivity index (χ1v) is 17.0. The van der Waals surface area contributed by atoms with Crippen LogP contribution in [0.3, 0.4) is 0 Å². The first kappa shape index (κ1) is 34.4. The van der Waals surface area contributed by atoms with Crippen molar-refractivity contribution < 1.29 is 19.1 Å². The topological polar surface area (TPSA) is 55.8 Å². The summed E-state index contributed by atoms with van der Waals surface area (Å²) in [6.07, 6.45) is 6.73. The fourth-order valence-corrected chi connectivity index (χ4v) is 6.25. The van der Waals surface area contributed by atoms with E-state index in [2.05, 4.69) is 110 Å². The van der Waals surface area contributed by atoms with E-state index in [1.54, 1.807) is 26.0 Å².